The van der Waals surface area contributed by atoms with Gasteiger partial charge in [-0.05, 0) is 154 Å². The minimum atomic E-state index is 0.252. The lowest BCUT2D eigenvalue weighted by atomic mass is 10.1. The number of nitrogens with zero attached hydrogens (tertiary/aromatic N) is 10. The van der Waals surface area contributed by atoms with E-state index in [0.29, 0.717) is 5.78 Å². The first-order valence-corrected chi connectivity index (χ1v) is 41.9. The molecule has 0 saturated carbocycles. The highest BCUT2D eigenvalue weighted by atomic mass is 32.2. The van der Waals surface area contributed by atoms with E-state index >= 15 is 0 Å². The second-order valence-corrected chi connectivity index (χ2v) is 34.5. The molecule has 116 heavy (non-hydrogen) atoms. The molecule has 0 saturated heterocycles. The number of anilines is 1. The molecule has 1 aliphatic rings. The number of fused-ring (bicyclic) bond motifs is 25. The number of furan rings is 6. The molecular weight excluding hydrogens is 1520 g/mol. The molecule has 0 bridgehead atoms. The fourth-order valence-corrected chi connectivity index (χ4v) is 22.0. The van der Waals surface area contributed by atoms with Gasteiger partial charge in [-0.25, -0.2) is 0 Å². The van der Waals surface area contributed by atoms with E-state index in [-0.39, 0.29) is 6.17 Å². The van der Waals surface area contributed by atoms with Gasteiger partial charge < -0.3 is 36.3 Å². The van der Waals surface area contributed by atoms with Crippen molar-refractivity contribution in [3.05, 3.63) is 296 Å². The summed E-state index contributed by atoms with van der Waals surface area (Å²) in [5.74, 6) is 0.599. The summed E-state index contributed by atoms with van der Waals surface area (Å²) in [6.07, 6.45) is 20.9. The van der Waals surface area contributed by atoms with Gasteiger partial charge in [0, 0.05) is 106 Å². The number of thiophene rings is 4. The highest BCUT2D eigenvalue weighted by molar-refractivity contribution is 7.44. The molecule has 24 aromatic rings. The van der Waals surface area contributed by atoms with Crippen molar-refractivity contribution in [2.75, 3.05) is 11.9 Å². The fourth-order valence-electron chi connectivity index (χ4n) is 16.8. The van der Waals surface area contributed by atoms with E-state index in [4.69, 9.17) is 26.5 Å². The van der Waals surface area contributed by atoms with Gasteiger partial charge in [-0.3, -0.25) is 0 Å². The van der Waals surface area contributed by atoms with Crippen LogP contribution in [0.1, 0.15) is 34.7 Å². The average Bonchev–Trinajstić information content (AvgIpc) is 1.60. The van der Waals surface area contributed by atoms with Crippen LogP contribution in [0.2, 0.25) is 0 Å². The maximum atomic E-state index is 6.27. The molecule has 15 heterocycles. The van der Waals surface area contributed by atoms with Crippen molar-refractivity contribution in [3.8, 4) is 22.7 Å². The number of rotatable bonds is 5. The van der Waals surface area contributed by atoms with Crippen molar-refractivity contribution in [3.63, 3.8) is 0 Å². The smallest absolute Gasteiger partial charge is 0.299 e. The van der Waals surface area contributed by atoms with Gasteiger partial charge in [0.1, 0.15) is 45.6 Å². The molecule has 0 unspecified atom stereocenters. The van der Waals surface area contributed by atoms with E-state index in [1.54, 1.807) is 0 Å². The van der Waals surface area contributed by atoms with Crippen LogP contribution in [0.5, 0.6) is 0 Å². The van der Waals surface area contributed by atoms with Gasteiger partial charge in [0.05, 0.1) is 70.8 Å². The molecule has 0 amide bonds. The summed E-state index contributed by atoms with van der Waals surface area (Å²) in [5, 5.41) is 14.3. The second-order valence-electron chi connectivity index (χ2n) is 30.1. The van der Waals surface area contributed by atoms with Crippen molar-refractivity contribution < 1.29 is 45.2 Å². The standard InChI is InChI=1S/C20H18N2O2.2C19H15N2O2.2C19H15N2S2/c1-12-8-9-15-17-14-6-4-5-7-16(14)23-20(17)24-19(15)18(12)22-11-10-21(3)13(22)2;1-12-8-9-14-17(16(12)21-11-5-10-20(21)2)23-18-13-6-3-4-7-15(13)22-19(14)18;2*1-12-10-14-17(11-15(12)21-9-5-8-20(21)2)23-18-13-6-3-4-7-16(13)22-19(14)18;1-12-10-14-17(11-15(12)21-9-5-8-20(21)2)23-19-18(14)13-6-3-4-7-16(13)22-19/h4-11,13H,1-3H3;4*3-11H,1-2H3/q;4*+1/t13-;;;;/m0..../s1. The zero-order valence-electron chi connectivity index (χ0n) is 65.5. The Bertz CT molecular complexity index is 7810. The molecule has 16 nitrogen and oxygen atoms in total. The molecule has 1 aliphatic heterocycles. The highest BCUT2D eigenvalue weighted by Crippen LogP contribution is 2.49. The molecule has 0 N–H and O–H groups in total. The van der Waals surface area contributed by atoms with Crippen LogP contribution in [0.4, 0.5) is 5.69 Å². The van der Waals surface area contributed by atoms with E-state index in [1.807, 2.05) is 172 Å². The number of aromatic nitrogens is 8. The first kappa shape index (κ1) is 70.6. The lowest BCUT2D eigenvalue weighted by Gasteiger charge is -2.28. The quantitative estimate of drug-likeness (QED) is 0.156. The largest absolute Gasteiger partial charge is 0.452 e. The molecule has 1 atom stereocenters. The first-order valence-electron chi connectivity index (χ1n) is 38.6. The second kappa shape index (κ2) is 27.5. The number of aryl methyl sites for hydroxylation is 9. The van der Waals surface area contributed by atoms with Crippen molar-refractivity contribution in [1.29, 1.82) is 0 Å². The normalized spacial score (nSPS) is 13.1. The SMILES string of the molecule is Cc1cc2c(cc1-n1ccc[n+]1C)oc1c3ccccc3oc21.Cc1cc2c(cc1-n1ccc[n+]1C)sc1c3ccccc3sc21.Cc1cc2c(cc1-n1ccc[n+]1C)sc1sc3ccccc3c12.Cc1ccc2c(oc3c4ccccc4oc23)c1-n1ccc[n+]1C.Cc1ccc2c(oc3oc4ccccc4c32)c1N1C=CN(C)[C@@H]1C. The Morgan fingerprint density at radius 1 is 0.310 bits per heavy atom. The van der Waals surface area contributed by atoms with Crippen LogP contribution in [-0.4, -0.2) is 36.8 Å². The third kappa shape index (κ3) is 11.4. The van der Waals surface area contributed by atoms with Gasteiger partial charge in [0.25, 0.3) is 5.78 Å². The summed E-state index contributed by atoms with van der Waals surface area (Å²) >= 11 is 7.64. The molecule has 20 heteroatoms. The zero-order valence-corrected chi connectivity index (χ0v) is 68.8. The predicted octanol–water partition coefficient (Wildman–Crippen LogP) is 24.1. The lowest BCUT2D eigenvalue weighted by molar-refractivity contribution is -0.744. The van der Waals surface area contributed by atoms with Crippen LogP contribution in [0, 0.1) is 34.6 Å². The number of benzene rings is 10. The summed E-state index contributed by atoms with van der Waals surface area (Å²) < 4.78 is 63.2. The average molecular weight is 1600 g/mol. The van der Waals surface area contributed by atoms with Gasteiger partial charge in [0.15, 0.2) is 92.2 Å². The Balaban J connectivity index is 0.0000000906. The maximum absolute atomic E-state index is 6.27. The lowest BCUT2D eigenvalue weighted by Crippen LogP contribution is -2.37. The maximum Gasteiger partial charge on any atom is 0.299 e. The Morgan fingerprint density at radius 2 is 0.750 bits per heavy atom. The van der Waals surface area contributed by atoms with E-state index in [9.17, 15) is 0 Å². The first-order chi connectivity index (χ1) is 56.5. The van der Waals surface area contributed by atoms with Crippen molar-refractivity contribution in [2.24, 2.45) is 28.2 Å². The molecule has 568 valence electrons. The molecule has 0 radical (unpaired) electrons. The topological polar surface area (TPSA) is 121 Å². The summed E-state index contributed by atoms with van der Waals surface area (Å²) in [6.45, 7) is 12.9. The van der Waals surface area contributed by atoms with E-state index < -0.39 is 0 Å². The van der Waals surface area contributed by atoms with Crippen LogP contribution in [0.25, 0.3) is 181 Å². The molecular formula is C96H78N10O6S4+4. The zero-order chi connectivity index (χ0) is 78.6. The molecule has 0 aliphatic carbocycles. The number of hydrogen-bond donors (Lipinski definition) is 0. The third-order valence-electron chi connectivity index (χ3n) is 22.8. The van der Waals surface area contributed by atoms with E-state index in [1.165, 1.54) is 92.8 Å². The Hall–Kier alpha value is -13.2. The van der Waals surface area contributed by atoms with Crippen molar-refractivity contribution >= 4 is 209 Å². The van der Waals surface area contributed by atoms with Crippen LogP contribution >= 0.6 is 45.3 Å². The fraction of sp³-hybridized carbons (Fsp3) is 0.125. The van der Waals surface area contributed by atoms with E-state index in [2.05, 4.69) is 265 Å². The van der Waals surface area contributed by atoms with Gasteiger partial charge in [-0.2, -0.15) is 0 Å². The Labute approximate surface area is 680 Å². The minimum absolute atomic E-state index is 0.252. The summed E-state index contributed by atoms with van der Waals surface area (Å²) in [4.78, 5) is 4.43. The van der Waals surface area contributed by atoms with Crippen molar-refractivity contribution in [1.82, 2.24) is 23.6 Å². The Kier molecular flexibility index (Phi) is 16.8. The van der Waals surface area contributed by atoms with Crippen LogP contribution in [0.15, 0.2) is 295 Å². The Morgan fingerprint density at radius 3 is 1.34 bits per heavy atom. The third-order valence-corrected chi connectivity index (χ3v) is 27.7. The highest BCUT2D eigenvalue weighted by Gasteiger charge is 2.29. The summed E-state index contributed by atoms with van der Waals surface area (Å²) in [5.41, 5.74) is 20.4. The van der Waals surface area contributed by atoms with Gasteiger partial charge >= 0.3 is 0 Å². The van der Waals surface area contributed by atoms with Crippen molar-refractivity contribution in [2.45, 2.75) is 47.7 Å². The molecule has 14 aromatic heterocycles. The predicted molar refractivity (Wildman–Crippen MR) is 474 cm³/mol. The van der Waals surface area contributed by atoms with Crippen LogP contribution in [0.3, 0.4) is 0 Å². The molecule has 0 spiro atoms. The number of hydrogen-bond acceptors (Lipinski definition) is 12. The molecule has 25 rings (SSSR count). The van der Waals surface area contributed by atoms with Gasteiger partial charge in [-0.15, -0.1) is 82.8 Å². The van der Waals surface area contributed by atoms with E-state index in [0.717, 1.165) is 116 Å². The van der Waals surface area contributed by atoms with Gasteiger partial charge in [-0.1, -0.05) is 91.0 Å². The molecule has 10 aromatic carbocycles. The summed E-state index contributed by atoms with van der Waals surface area (Å²) in [7, 11) is 10.3. The monoisotopic (exact) mass is 1590 g/mol. The summed E-state index contributed by atoms with van der Waals surface area (Å²) in [6, 6.07) is 71.7. The van der Waals surface area contributed by atoms with Crippen LogP contribution in [-0.2, 0) is 28.2 Å². The number of para-hydroxylation sites is 3. The van der Waals surface area contributed by atoms with Crippen LogP contribution < -0.4 is 23.6 Å². The van der Waals surface area contributed by atoms with Gasteiger partial charge in [0.2, 0.25) is 0 Å². The minimum Gasteiger partial charge on any atom is -0.452 e. The molecule has 0 fully saturated rings.